The van der Waals surface area contributed by atoms with Crippen LogP contribution in [-0.4, -0.2) is 76.0 Å². The zero-order valence-electron chi connectivity index (χ0n) is 27.2. The quantitative estimate of drug-likeness (QED) is 0.242. The minimum Gasteiger partial charge on any atom is -0.481 e. The summed E-state index contributed by atoms with van der Waals surface area (Å²) in [5.74, 6) is -12.2. The van der Waals surface area contributed by atoms with Crippen LogP contribution >= 0.6 is 0 Å². The summed E-state index contributed by atoms with van der Waals surface area (Å²) >= 11 is 0. The predicted molar refractivity (Wildman–Crippen MR) is 164 cm³/mol. The molecule has 6 atom stereocenters. The molecule has 0 radical (unpaired) electrons. The first-order valence-electron chi connectivity index (χ1n) is 16.1. The number of hydrogen-bond donors (Lipinski definition) is 2. The van der Waals surface area contributed by atoms with Gasteiger partial charge in [0.1, 0.15) is 6.04 Å². The normalized spacial score (nSPS) is 22.2. The average molecular weight is 649 g/mol. The number of ketones is 3. The van der Waals surface area contributed by atoms with E-state index in [2.05, 4.69) is 5.32 Å². The molecule has 2 N–H and O–H groups in total. The summed E-state index contributed by atoms with van der Waals surface area (Å²) in [6, 6.07) is 6.28. The lowest BCUT2D eigenvalue weighted by atomic mass is 9.82. The second kappa shape index (κ2) is 15.7. The van der Waals surface area contributed by atoms with Crippen LogP contribution in [0, 0.1) is 29.6 Å². The topological polar surface area (TPSA) is 147 Å². The number of carbonyl (C=O) groups excluding carboxylic acids is 5. The molecule has 46 heavy (non-hydrogen) atoms. The van der Waals surface area contributed by atoms with Gasteiger partial charge < -0.3 is 20.1 Å². The highest BCUT2D eigenvalue weighted by molar-refractivity contribution is 6.38. The van der Waals surface area contributed by atoms with Crippen molar-refractivity contribution in [3.8, 4) is 0 Å². The first kappa shape index (κ1) is 36.8. The molecule has 1 aliphatic heterocycles. The highest BCUT2D eigenvalue weighted by Crippen LogP contribution is 2.51. The summed E-state index contributed by atoms with van der Waals surface area (Å²) in [5.41, 5.74) is 0.691. The Kier molecular flexibility index (Phi) is 12.6. The molecular weight excluding hydrogens is 602 g/mol. The molecule has 12 heteroatoms. The van der Waals surface area contributed by atoms with Crippen LogP contribution in [0.5, 0.6) is 0 Å². The Morgan fingerprint density at radius 2 is 1.67 bits per heavy atom. The van der Waals surface area contributed by atoms with Crippen molar-refractivity contribution in [2.24, 2.45) is 29.6 Å². The van der Waals surface area contributed by atoms with Crippen LogP contribution in [0.1, 0.15) is 78.7 Å². The number of Topliss-reactive ketones (excluding diaryl/α,β-unsaturated/α-hetero) is 3. The lowest BCUT2D eigenvalue weighted by Crippen LogP contribution is -2.55. The van der Waals surface area contributed by atoms with Crippen LogP contribution in [-0.2, 0) is 35.1 Å². The Bertz CT molecular complexity index is 1280. The number of aliphatic carboxylic acids is 1. The number of fused-ring (bicyclic) bond motifs is 1. The maximum atomic E-state index is 15.0. The number of carboxylic acid groups (broad SMARTS) is 1. The molecule has 0 aromatic heterocycles. The van der Waals surface area contributed by atoms with Crippen molar-refractivity contribution in [3.63, 3.8) is 0 Å². The molecule has 254 valence electrons. The minimum absolute atomic E-state index is 0.00187. The zero-order chi connectivity index (χ0) is 34.3. The van der Waals surface area contributed by atoms with Crippen molar-refractivity contribution in [2.45, 2.75) is 104 Å². The highest BCUT2D eigenvalue weighted by Gasteiger charge is 2.61. The summed E-state index contributed by atoms with van der Waals surface area (Å²) in [4.78, 5) is 79.7. The van der Waals surface area contributed by atoms with Crippen LogP contribution in [0.4, 0.5) is 13.6 Å². The molecule has 0 bridgehead atoms. The first-order valence-corrected chi connectivity index (χ1v) is 16.1. The summed E-state index contributed by atoms with van der Waals surface area (Å²) < 4.78 is 35.0. The fraction of sp³-hybridized carbons (Fsp3) is 0.647. The van der Waals surface area contributed by atoms with Crippen LogP contribution in [0.2, 0.25) is 0 Å². The van der Waals surface area contributed by atoms with Gasteiger partial charge in [-0.3, -0.25) is 24.0 Å². The minimum atomic E-state index is -3.10. The Labute approximate surface area is 268 Å². The van der Waals surface area contributed by atoms with Gasteiger partial charge in [0.05, 0.1) is 18.1 Å². The van der Waals surface area contributed by atoms with E-state index in [0.717, 1.165) is 4.90 Å². The Morgan fingerprint density at radius 1 is 1.02 bits per heavy atom. The molecule has 2 amide bonds. The number of amides is 2. The molecule has 2 aliphatic rings. The lowest BCUT2D eigenvalue weighted by Gasteiger charge is -2.32. The van der Waals surface area contributed by atoms with Crippen LogP contribution < -0.4 is 5.32 Å². The van der Waals surface area contributed by atoms with E-state index in [0.29, 0.717) is 12.0 Å². The molecule has 1 aromatic rings. The van der Waals surface area contributed by atoms with E-state index in [1.54, 1.807) is 65.0 Å². The molecule has 3 rings (SSSR count). The number of halogens is 2. The van der Waals surface area contributed by atoms with Gasteiger partial charge in [-0.25, -0.2) is 13.6 Å². The third-order valence-electron chi connectivity index (χ3n) is 9.00. The number of alkyl halides is 2. The van der Waals surface area contributed by atoms with Gasteiger partial charge in [0.25, 0.3) is 5.92 Å². The SMILES string of the molecule is CCCC(CC(=O)C1[C@H]2CCC(F)(F)[C@H]2CN1C(=O)C(NC(=O)OC(C)C)C(C)C)C(=O)C(=O)C[C@H](Cc1ccccc1)C(=O)O. The number of benzene rings is 1. The van der Waals surface area contributed by atoms with E-state index >= 15 is 0 Å². The fourth-order valence-electron chi connectivity index (χ4n) is 6.70. The van der Waals surface area contributed by atoms with E-state index in [1.807, 2.05) is 0 Å². The molecule has 1 aromatic carbocycles. The lowest BCUT2D eigenvalue weighted by molar-refractivity contribution is -0.146. The molecule has 0 spiro atoms. The first-order chi connectivity index (χ1) is 21.6. The molecular formula is C34H46F2N2O8. The van der Waals surface area contributed by atoms with Gasteiger partial charge in [0.15, 0.2) is 11.6 Å². The number of carbonyl (C=O) groups is 6. The van der Waals surface area contributed by atoms with E-state index in [4.69, 9.17) is 4.74 Å². The summed E-state index contributed by atoms with van der Waals surface area (Å²) in [5, 5.41) is 12.2. The van der Waals surface area contributed by atoms with E-state index in [-0.39, 0.29) is 25.8 Å². The zero-order valence-corrected chi connectivity index (χ0v) is 27.2. The molecule has 1 heterocycles. The molecule has 1 saturated heterocycles. The van der Waals surface area contributed by atoms with Gasteiger partial charge in [-0.1, -0.05) is 57.5 Å². The number of hydrogen-bond acceptors (Lipinski definition) is 7. The molecule has 1 aliphatic carbocycles. The van der Waals surface area contributed by atoms with Crippen molar-refractivity contribution in [1.82, 2.24) is 10.2 Å². The average Bonchev–Trinajstić information content (AvgIpc) is 3.51. The van der Waals surface area contributed by atoms with Gasteiger partial charge in [-0.05, 0) is 50.5 Å². The van der Waals surface area contributed by atoms with Crippen LogP contribution in [0.15, 0.2) is 30.3 Å². The largest absolute Gasteiger partial charge is 0.481 e. The number of alkyl carbamates (subject to hydrolysis) is 1. The van der Waals surface area contributed by atoms with Crippen molar-refractivity contribution in [3.05, 3.63) is 35.9 Å². The number of ether oxygens (including phenoxy) is 1. The maximum absolute atomic E-state index is 15.0. The van der Waals surface area contributed by atoms with Crippen molar-refractivity contribution < 1.29 is 47.4 Å². The predicted octanol–water partition coefficient (Wildman–Crippen LogP) is 4.87. The molecule has 3 unspecified atom stereocenters. The number of carboxylic acids is 1. The smallest absolute Gasteiger partial charge is 0.408 e. The van der Waals surface area contributed by atoms with E-state index in [9.17, 15) is 42.7 Å². The molecule has 1 saturated carbocycles. The summed E-state index contributed by atoms with van der Waals surface area (Å²) in [7, 11) is 0. The third kappa shape index (κ3) is 8.97. The second-order valence-corrected chi connectivity index (χ2v) is 13.2. The third-order valence-corrected chi connectivity index (χ3v) is 9.00. The van der Waals surface area contributed by atoms with Gasteiger partial charge >= 0.3 is 12.1 Å². The van der Waals surface area contributed by atoms with Gasteiger partial charge in [-0.2, -0.15) is 0 Å². The van der Waals surface area contributed by atoms with Crippen molar-refractivity contribution in [2.75, 3.05) is 6.54 Å². The van der Waals surface area contributed by atoms with Crippen molar-refractivity contribution in [1.29, 1.82) is 0 Å². The van der Waals surface area contributed by atoms with E-state index < -0.39 is 108 Å². The van der Waals surface area contributed by atoms with Crippen LogP contribution in [0.25, 0.3) is 0 Å². The fourth-order valence-corrected chi connectivity index (χ4v) is 6.70. The number of nitrogens with zero attached hydrogens (tertiary/aromatic N) is 1. The second-order valence-electron chi connectivity index (χ2n) is 13.2. The van der Waals surface area contributed by atoms with Gasteiger partial charge in [0, 0.05) is 37.6 Å². The van der Waals surface area contributed by atoms with E-state index in [1.165, 1.54) is 0 Å². The van der Waals surface area contributed by atoms with Gasteiger partial charge in [0.2, 0.25) is 11.7 Å². The Balaban J connectivity index is 1.83. The van der Waals surface area contributed by atoms with Crippen molar-refractivity contribution >= 4 is 35.3 Å². The monoisotopic (exact) mass is 648 g/mol. The number of nitrogens with one attached hydrogen (secondary N) is 1. The molecule has 10 nitrogen and oxygen atoms in total. The highest BCUT2D eigenvalue weighted by atomic mass is 19.3. The standard InChI is InChI=1S/C34H46F2N2O8/c1-6-10-22(30(41)27(40)17-23(32(43)44)15-21-11-8-7-9-12-21)16-26(39)29-24-13-14-34(35,36)25(24)18-38(29)31(42)28(19(2)3)37-33(45)46-20(4)5/h7-9,11-12,19-20,22-25,28-29H,6,10,13-18H2,1-5H3,(H,37,45)(H,43,44)/t22?,23-,24-,25-,28?,29?/m0/s1. The maximum Gasteiger partial charge on any atom is 0.408 e. The summed E-state index contributed by atoms with van der Waals surface area (Å²) in [6.45, 7) is 7.98. The van der Waals surface area contributed by atoms with Crippen LogP contribution in [0.3, 0.4) is 0 Å². The Hall–Kier alpha value is -3.70. The number of rotatable bonds is 16. The molecule has 2 fully saturated rings. The summed E-state index contributed by atoms with van der Waals surface area (Å²) in [6.07, 6.45) is -2.14. The Morgan fingerprint density at radius 3 is 2.24 bits per heavy atom. The van der Waals surface area contributed by atoms with Gasteiger partial charge in [-0.15, -0.1) is 0 Å². The number of likely N-dealkylation sites (tertiary alicyclic amines) is 1.